The van der Waals surface area contributed by atoms with Gasteiger partial charge in [-0.1, -0.05) is 60.7 Å². The lowest BCUT2D eigenvalue weighted by molar-refractivity contribution is 0.0703. The van der Waals surface area contributed by atoms with Crippen molar-refractivity contribution in [1.82, 2.24) is 0 Å². The molecule has 172 valence electrons. The molecule has 0 radical (unpaired) electrons. The molecule has 5 nitrogen and oxygen atoms in total. The van der Waals surface area contributed by atoms with E-state index in [-0.39, 0.29) is 11.6 Å². The first-order valence-corrected chi connectivity index (χ1v) is 13.3. The number of carbonyl (C=O) groups is 2. The van der Waals surface area contributed by atoms with Gasteiger partial charge in [0.15, 0.2) is 11.6 Å². The van der Waals surface area contributed by atoms with Crippen LogP contribution in [0.5, 0.6) is 0 Å². The van der Waals surface area contributed by atoms with Crippen LogP contribution in [0.1, 0.15) is 66.3 Å². The molecule has 0 unspecified atom stereocenters. The summed E-state index contributed by atoms with van der Waals surface area (Å²) in [5.41, 5.74) is 2.21. The minimum Gasteiger partial charge on any atom is -0.374 e. The second kappa shape index (κ2) is 13.9. The van der Waals surface area contributed by atoms with Crippen molar-refractivity contribution in [2.24, 2.45) is 0 Å². The zero-order chi connectivity index (χ0) is 23.2. The van der Waals surface area contributed by atoms with Crippen molar-refractivity contribution in [1.29, 1.82) is 0 Å². The number of allylic oxidation sites excluding steroid dienone is 1. The average molecular weight is 455 g/mol. The van der Waals surface area contributed by atoms with Crippen molar-refractivity contribution in [3.63, 3.8) is 0 Å². The Morgan fingerprint density at radius 3 is 1.94 bits per heavy atom. The fourth-order valence-electron chi connectivity index (χ4n) is 3.42. The molecule has 0 bridgehead atoms. The molecule has 0 fully saturated rings. The van der Waals surface area contributed by atoms with Crippen LogP contribution in [-0.2, 0) is 13.3 Å². The maximum Gasteiger partial charge on any atom is 0.500 e. The molecule has 0 atom stereocenters. The van der Waals surface area contributed by atoms with Gasteiger partial charge in [0, 0.05) is 43.4 Å². The van der Waals surface area contributed by atoms with E-state index in [1.165, 1.54) is 0 Å². The highest BCUT2D eigenvalue weighted by Gasteiger charge is 2.39. The van der Waals surface area contributed by atoms with E-state index in [0.717, 1.165) is 24.4 Å². The summed E-state index contributed by atoms with van der Waals surface area (Å²) in [5.74, 6) is 0.0638. The number of Topliss-reactive ketones (excluding diaryl/α,β-unsaturated/α-hetero) is 1. The average Bonchev–Trinajstić information content (AvgIpc) is 2.81. The van der Waals surface area contributed by atoms with Crippen LogP contribution in [-0.4, -0.2) is 40.2 Å². The van der Waals surface area contributed by atoms with Gasteiger partial charge in [-0.05, 0) is 45.3 Å². The summed E-state index contributed by atoms with van der Waals surface area (Å²) in [6, 6.07) is 17.2. The summed E-state index contributed by atoms with van der Waals surface area (Å²) >= 11 is 0. The largest absolute Gasteiger partial charge is 0.500 e. The predicted molar refractivity (Wildman–Crippen MR) is 130 cm³/mol. The van der Waals surface area contributed by atoms with E-state index < -0.39 is 8.80 Å². The van der Waals surface area contributed by atoms with Crippen LogP contribution in [0.2, 0.25) is 6.04 Å². The van der Waals surface area contributed by atoms with Gasteiger partial charge in [-0.2, -0.15) is 0 Å². The normalized spacial score (nSPS) is 11.7. The smallest absolute Gasteiger partial charge is 0.374 e. The van der Waals surface area contributed by atoms with Gasteiger partial charge in [0.25, 0.3) is 0 Å². The zero-order valence-corrected chi connectivity index (χ0v) is 20.3. The van der Waals surface area contributed by atoms with Crippen LogP contribution in [0.4, 0.5) is 0 Å². The zero-order valence-electron chi connectivity index (χ0n) is 19.3. The van der Waals surface area contributed by atoms with E-state index in [1.807, 2.05) is 63.2 Å². The Hall–Kier alpha value is -2.38. The lowest BCUT2D eigenvalue weighted by atomic mass is 10.0. The highest BCUT2D eigenvalue weighted by Crippen LogP contribution is 2.21. The van der Waals surface area contributed by atoms with Crippen LogP contribution in [0.3, 0.4) is 0 Å². The Kier molecular flexibility index (Phi) is 11.2. The highest BCUT2D eigenvalue weighted by molar-refractivity contribution is 6.60. The third-order valence-corrected chi connectivity index (χ3v) is 8.10. The maximum absolute atomic E-state index is 12.6. The second-order valence-electron chi connectivity index (χ2n) is 7.30. The topological polar surface area (TPSA) is 61.8 Å². The number of hydrogen-bond donors (Lipinski definition) is 0. The molecule has 2 aromatic rings. The van der Waals surface area contributed by atoms with Gasteiger partial charge >= 0.3 is 8.80 Å². The SMILES string of the molecule is CCO[Si](CCCCC(=O)c1ccc(/C=C/C(=O)c2ccccc2)cc1)(OCC)OCC. The molecule has 0 N–H and O–H groups in total. The van der Waals surface area contributed by atoms with Crippen LogP contribution >= 0.6 is 0 Å². The van der Waals surface area contributed by atoms with E-state index in [0.29, 0.717) is 37.4 Å². The predicted octanol–water partition coefficient (Wildman–Crippen LogP) is 5.98. The molecule has 32 heavy (non-hydrogen) atoms. The molecular weight excluding hydrogens is 420 g/mol. The number of benzene rings is 2. The van der Waals surface area contributed by atoms with E-state index in [1.54, 1.807) is 24.3 Å². The van der Waals surface area contributed by atoms with Gasteiger partial charge in [-0.25, -0.2) is 0 Å². The standard InChI is InChI=1S/C26H34O5Si/c1-4-29-32(30-5-2,31-6-3)21-11-10-14-25(27)24-18-15-22(16-19-24)17-20-26(28)23-12-8-7-9-13-23/h7-9,12-13,15-20H,4-6,10-11,14,21H2,1-3H3/b20-17+. The Labute approximate surface area is 192 Å². The van der Waals surface area contributed by atoms with Crippen molar-refractivity contribution in [2.45, 2.75) is 46.1 Å². The number of carbonyl (C=O) groups excluding carboxylic acids is 2. The fraction of sp³-hybridized carbons (Fsp3) is 0.385. The second-order valence-corrected chi connectivity index (χ2v) is 10.0. The first kappa shape index (κ1) is 25.9. The summed E-state index contributed by atoms with van der Waals surface area (Å²) < 4.78 is 17.6. The molecule has 0 aliphatic rings. The Morgan fingerprint density at radius 1 is 0.781 bits per heavy atom. The summed E-state index contributed by atoms with van der Waals surface area (Å²) in [5, 5.41) is 0. The van der Waals surface area contributed by atoms with Gasteiger partial charge in [0.05, 0.1) is 0 Å². The molecule has 6 heteroatoms. The van der Waals surface area contributed by atoms with Gasteiger partial charge in [0.1, 0.15) is 0 Å². The van der Waals surface area contributed by atoms with Crippen molar-refractivity contribution in [2.75, 3.05) is 19.8 Å². The van der Waals surface area contributed by atoms with Crippen molar-refractivity contribution < 1.29 is 22.9 Å². The molecule has 0 saturated carbocycles. The minimum absolute atomic E-state index is 0.0449. The van der Waals surface area contributed by atoms with Gasteiger partial charge in [-0.3, -0.25) is 9.59 Å². The molecule has 2 aromatic carbocycles. The fourth-order valence-corrected chi connectivity index (χ4v) is 6.11. The number of hydrogen-bond acceptors (Lipinski definition) is 5. The molecule has 0 amide bonds. The van der Waals surface area contributed by atoms with Gasteiger partial charge in [-0.15, -0.1) is 0 Å². The molecule has 2 rings (SSSR count). The monoisotopic (exact) mass is 454 g/mol. The van der Waals surface area contributed by atoms with Gasteiger partial charge in [0.2, 0.25) is 0 Å². The molecule has 0 aliphatic carbocycles. The highest BCUT2D eigenvalue weighted by atomic mass is 28.4. The van der Waals surface area contributed by atoms with Crippen LogP contribution in [0.25, 0.3) is 6.08 Å². The maximum atomic E-state index is 12.6. The van der Waals surface area contributed by atoms with Gasteiger partial charge < -0.3 is 13.3 Å². The lowest BCUT2D eigenvalue weighted by Gasteiger charge is -2.28. The Morgan fingerprint density at radius 2 is 1.38 bits per heavy atom. The minimum atomic E-state index is -2.64. The lowest BCUT2D eigenvalue weighted by Crippen LogP contribution is -2.45. The Balaban J connectivity index is 1.84. The number of rotatable bonds is 15. The molecule has 0 saturated heterocycles. The van der Waals surface area contributed by atoms with E-state index in [9.17, 15) is 9.59 Å². The van der Waals surface area contributed by atoms with Crippen LogP contribution in [0, 0.1) is 0 Å². The quantitative estimate of drug-likeness (QED) is 0.143. The van der Waals surface area contributed by atoms with E-state index in [2.05, 4.69) is 0 Å². The molecular formula is C26H34O5Si. The molecule has 0 aromatic heterocycles. The van der Waals surface area contributed by atoms with Crippen molar-refractivity contribution in [3.8, 4) is 0 Å². The summed E-state index contributed by atoms with van der Waals surface area (Å²) in [7, 11) is -2.64. The van der Waals surface area contributed by atoms with E-state index in [4.69, 9.17) is 13.3 Å². The summed E-state index contributed by atoms with van der Waals surface area (Å²) in [6.45, 7) is 7.51. The third-order valence-electron chi connectivity index (χ3n) is 4.95. The molecule has 0 spiro atoms. The van der Waals surface area contributed by atoms with Crippen molar-refractivity contribution >= 4 is 26.4 Å². The summed E-state index contributed by atoms with van der Waals surface area (Å²) in [4.78, 5) is 24.7. The Bertz CT molecular complexity index is 845. The molecule has 0 heterocycles. The van der Waals surface area contributed by atoms with Crippen LogP contribution in [0.15, 0.2) is 60.7 Å². The summed E-state index contributed by atoms with van der Waals surface area (Å²) in [6.07, 6.45) is 5.37. The van der Waals surface area contributed by atoms with Crippen LogP contribution < -0.4 is 0 Å². The first-order chi connectivity index (χ1) is 15.5. The van der Waals surface area contributed by atoms with Crippen molar-refractivity contribution in [3.05, 3.63) is 77.4 Å². The first-order valence-electron chi connectivity index (χ1n) is 11.4. The third kappa shape index (κ3) is 8.28. The number of ketones is 2. The number of unbranched alkanes of at least 4 members (excludes halogenated alkanes) is 1. The molecule has 0 aliphatic heterocycles. The van der Waals surface area contributed by atoms with E-state index >= 15 is 0 Å².